The Kier molecular flexibility index (Phi) is 37.9. The van der Waals surface area contributed by atoms with Crippen LogP contribution in [0, 0.1) is 23.7 Å². The summed E-state index contributed by atoms with van der Waals surface area (Å²) in [7, 11) is 0. The molecule has 2 fully saturated rings. The van der Waals surface area contributed by atoms with Gasteiger partial charge in [0.25, 0.3) is 0 Å². The largest absolute Gasteiger partial charge is 0.481 e. The van der Waals surface area contributed by atoms with Gasteiger partial charge in [0.15, 0.2) is 12.3 Å². The van der Waals surface area contributed by atoms with Gasteiger partial charge in [0, 0.05) is 43.5 Å². The van der Waals surface area contributed by atoms with Crippen molar-refractivity contribution < 1.29 is 107 Å². The van der Waals surface area contributed by atoms with Crippen LogP contribution in [0.25, 0.3) is 0 Å². The van der Waals surface area contributed by atoms with E-state index >= 15 is 9.59 Å². The van der Waals surface area contributed by atoms with Crippen LogP contribution < -0.4 is 75.3 Å². The fourth-order valence-corrected chi connectivity index (χ4v) is 13.4. The van der Waals surface area contributed by atoms with E-state index in [4.69, 9.17) is 16.2 Å². The third-order valence-corrected chi connectivity index (χ3v) is 20.8. The van der Waals surface area contributed by atoms with Gasteiger partial charge in [-0.3, -0.25) is 72.1 Å². The molecule has 12 amide bonds. The number of carbonyl (C=O) groups is 15. The number of carboxylic acids is 3. The molecule has 23 N–H and O–H groups in total. The van der Waals surface area contributed by atoms with Crippen LogP contribution in [-0.4, -0.2) is 256 Å². The van der Waals surface area contributed by atoms with E-state index in [1.54, 1.807) is 71.9 Å². The number of hydrogen-bond donors (Lipinski definition) is 21. The van der Waals surface area contributed by atoms with Crippen LogP contribution in [0.3, 0.4) is 0 Å². The number of aliphatic imine (C=N–C) groups is 1. The first-order valence-corrected chi connectivity index (χ1v) is 38.6. The van der Waals surface area contributed by atoms with E-state index in [2.05, 4.69) is 78.8 Å². The minimum absolute atomic E-state index is 0.0205. The van der Waals surface area contributed by atoms with Crippen LogP contribution in [0.1, 0.15) is 150 Å². The number of carbonyl (C=O) groups excluding carboxylic acids is 12. The number of aliphatic hydroxyl groups is 3. The molecule has 2 saturated heterocycles. The van der Waals surface area contributed by atoms with Crippen molar-refractivity contribution >= 4 is 106 Å². The van der Waals surface area contributed by atoms with Gasteiger partial charge in [0.2, 0.25) is 70.9 Å². The molecule has 0 spiro atoms. The van der Waals surface area contributed by atoms with Crippen molar-refractivity contribution in [3.05, 3.63) is 54.1 Å². The summed E-state index contributed by atoms with van der Waals surface area (Å²) in [6.45, 7) is 13.7. The molecule has 0 bridgehead atoms. The van der Waals surface area contributed by atoms with Gasteiger partial charge < -0.3 is 116 Å². The van der Waals surface area contributed by atoms with Crippen LogP contribution in [-0.2, 0) is 89.5 Å². The molecule has 39 nitrogen and oxygen atoms in total. The van der Waals surface area contributed by atoms with E-state index in [-0.39, 0.29) is 87.6 Å². The number of benzene rings is 1. The first-order valence-electron chi connectivity index (χ1n) is 37.6. The Hall–Kier alpha value is -9.74. The third kappa shape index (κ3) is 28.8. The van der Waals surface area contributed by atoms with E-state index in [1.807, 2.05) is 13.8 Å². The fourth-order valence-electron chi connectivity index (χ4n) is 12.3. The molecule has 0 aliphatic carbocycles. The summed E-state index contributed by atoms with van der Waals surface area (Å²) in [5.74, 6) is -18.7. The summed E-state index contributed by atoms with van der Waals surface area (Å²) in [6, 6.07) is -9.71. The van der Waals surface area contributed by atoms with Crippen molar-refractivity contribution in [2.45, 2.75) is 255 Å². The molecule has 3 aliphatic heterocycles. The second kappa shape index (κ2) is 45.7. The zero-order chi connectivity index (χ0) is 83.2. The standard InChI is InChI=1S/C72H111N17O22S/c1-9-35(6)52(74)71-86-48(32-112-71)67(106)81-43(26-34(4)5)63(102)79-42(22-23-50(91)92)62(101)89-53(36(7)10-2)68(107)80-40-20-15-16-25-76-59(98)46(29-49(90)87-70-57(97)55(95)56(96)58(111-70)72(109)110)83-66(105)47(30-51(93)94)84-65(104)45(28-39-31-75-33-77-39)82-64(103)44(27-38-18-13-12-14-19-38)85-69(108)54(37(8)11-3)88-61(100)41(21-17-24-73)78-60(40)99/h12-14,18-19,31,33-37,40-48,52-58,70,95-97H,9-11,15-17,20-30,32,73-74H2,1-8H3,(H,75,77)(H,76,98)(H,78,99)(H,79,102)(H,80,107)(H,81,106)(H,82,103)(H,83,105)(H,84,104)(H,85,108)(H,87,90)(H,88,100)(H,89,101)(H,91,92)(H,93,94)(H,109,110)/t35-,36-,37-,40-,41+,42+,43-,44+,45-,46-,47+,48-,52-,53-,54-,55?,56?,57?,58?,70?/m0/s1. The normalized spacial score (nSPS) is 26.0. The number of imidazole rings is 1. The molecular weight excluding hydrogens is 1490 g/mol. The van der Waals surface area contributed by atoms with Gasteiger partial charge in [-0.05, 0) is 80.7 Å². The molecule has 5 unspecified atom stereocenters. The van der Waals surface area contributed by atoms with E-state index in [1.165, 1.54) is 24.3 Å². The Morgan fingerprint density at radius 2 is 1.25 bits per heavy atom. The number of nitrogens with two attached hydrogens (primary N) is 2. The fraction of sp³-hybridized carbons (Fsp3) is 0.653. The number of nitrogens with one attached hydrogen (secondary N) is 13. The Morgan fingerprint density at radius 1 is 0.643 bits per heavy atom. The second-order valence-electron chi connectivity index (χ2n) is 28.8. The first-order chi connectivity index (χ1) is 53.0. The maximum Gasteiger partial charge on any atom is 0.335 e. The molecule has 0 radical (unpaired) electrons. The zero-order valence-electron chi connectivity index (χ0n) is 64.1. The van der Waals surface area contributed by atoms with Crippen molar-refractivity contribution in [3.63, 3.8) is 0 Å². The summed E-state index contributed by atoms with van der Waals surface area (Å²) in [4.78, 5) is 223. The summed E-state index contributed by atoms with van der Waals surface area (Å²) in [5, 5.41) is 92.2. The molecular formula is C72H111N17O22S. The predicted molar refractivity (Wildman–Crippen MR) is 403 cm³/mol. The van der Waals surface area contributed by atoms with E-state index < -0.39 is 242 Å². The Balaban J connectivity index is 1.57. The topological polar surface area (TPSA) is 624 Å². The maximum atomic E-state index is 15.1. The van der Waals surface area contributed by atoms with E-state index in [0.29, 0.717) is 10.6 Å². The highest BCUT2D eigenvalue weighted by Crippen LogP contribution is 2.26. The summed E-state index contributed by atoms with van der Waals surface area (Å²) in [6.07, 6.45) is -12.0. The van der Waals surface area contributed by atoms with Gasteiger partial charge in [-0.15, -0.1) is 11.8 Å². The van der Waals surface area contributed by atoms with Gasteiger partial charge in [0.05, 0.1) is 30.3 Å². The predicted octanol–water partition coefficient (Wildman–Crippen LogP) is -4.15. The molecule has 112 heavy (non-hydrogen) atoms. The number of aromatic amines is 1. The number of aromatic nitrogens is 2. The average Bonchev–Trinajstić information content (AvgIpc) is 1.12. The lowest BCUT2D eigenvalue weighted by molar-refractivity contribution is -0.233. The van der Waals surface area contributed by atoms with Crippen LogP contribution in [0.4, 0.5) is 0 Å². The monoisotopic (exact) mass is 1600 g/mol. The molecule has 20 atom stereocenters. The summed E-state index contributed by atoms with van der Waals surface area (Å²) < 4.78 is 5.18. The highest BCUT2D eigenvalue weighted by molar-refractivity contribution is 8.14. The second-order valence-corrected chi connectivity index (χ2v) is 29.9. The van der Waals surface area contributed by atoms with Crippen molar-refractivity contribution in [1.29, 1.82) is 0 Å². The smallest absolute Gasteiger partial charge is 0.335 e. The number of H-pyrrole nitrogens is 1. The van der Waals surface area contributed by atoms with Gasteiger partial charge in [-0.2, -0.15) is 0 Å². The number of rotatable bonds is 33. The lowest BCUT2D eigenvalue weighted by Crippen LogP contribution is -2.64. The highest BCUT2D eigenvalue weighted by atomic mass is 32.2. The zero-order valence-corrected chi connectivity index (χ0v) is 64.9. The van der Waals surface area contributed by atoms with Crippen molar-refractivity contribution in [2.75, 3.05) is 18.8 Å². The SMILES string of the molecule is CC[C@H](C)[C@H](N)C1=N[C@H](C(=O)N[C@@H](CC(C)C)C(=O)N[C@H](CCC(=O)O)C(=O)N[C@H](C(=O)N[C@H]2CCCCNC(=O)[C@H](CC(=O)NC3OC(C(=O)O)C(O)C(O)C3O)NC(=O)[C@@H](CC(=O)O)NC(=O)[C@H](Cc3cnc[nH]3)NC(=O)[C@@H](Cc3ccccc3)NC(=O)[C@H]([C@@H](C)CC)NC(=O)[C@@H](CCCN)NC2=O)[C@@H](C)CC)CS1. The first kappa shape index (κ1) is 92.9. The number of hydrogen-bond acceptors (Lipinski definition) is 24. The molecule has 40 heteroatoms. The third-order valence-electron chi connectivity index (χ3n) is 19.6. The molecule has 622 valence electrons. The lowest BCUT2D eigenvalue weighted by Gasteiger charge is -2.39. The number of amides is 12. The van der Waals surface area contributed by atoms with Crippen LogP contribution >= 0.6 is 11.8 Å². The lowest BCUT2D eigenvalue weighted by atomic mass is 9.96. The van der Waals surface area contributed by atoms with Crippen molar-refractivity contribution in [2.24, 2.45) is 40.1 Å². The molecule has 1 aromatic carbocycles. The maximum absolute atomic E-state index is 15.1. The number of aliphatic hydroxyl groups excluding tert-OH is 3. The van der Waals surface area contributed by atoms with Gasteiger partial charge in [-0.1, -0.05) is 105 Å². The average molecular weight is 1600 g/mol. The van der Waals surface area contributed by atoms with E-state index in [0.717, 1.165) is 6.42 Å². The number of carboxylic acid groups (broad SMARTS) is 3. The minimum Gasteiger partial charge on any atom is -0.481 e. The van der Waals surface area contributed by atoms with Gasteiger partial charge >= 0.3 is 17.9 Å². The highest BCUT2D eigenvalue weighted by Gasteiger charge is 2.48. The molecule has 5 rings (SSSR count). The molecule has 0 saturated carbocycles. The molecule has 2 aromatic rings. The van der Waals surface area contributed by atoms with Crippen LogP contribution in [0.5, 0.6) is 0 Å². The number of ether oxygens (including phenoxy) is 1. The quantitative estimate of drug-likeness (QED) is 0.0323. The molecule has 1 aromatic heterocycles. The van der Waals surface area contributed by atoms with Gasteiger partial charge in [-0.25, -0.2) is 9.78 Å². The van der Waals surface area contributed by atoms with Gasteiger partial charge in [0.1, 0.15) is 84.8 Å². The van der Waals surface area contributed by atoms with Crippen molar-refractivity contribution in [1.82, 2.24) is 73.8 Å². The minimum atomic E-state index is -2.21. The summed E-state index contributed by atoms with van der Waals surface area (Å²) in [5.41, 5.74) is 13.1. The van der Waals surface area contributed by atoms with Crippen molar-refractivity contribution in [3.8, 4) is 0 Å². The Labute approximate surface area is 651 Å². The Bertz CT molecular complexity index is 3600. The number of nitrogens with zero attached hydrogens (tertiary/aromatic N) is 2. The molecule has 3 aliphatic rings. The number of thioether (sulfide) groups is 1. The number of aliphatic carboxylic acids is 3. The Morgan fingerprint density at radius 3 is 1.85 bits per heavy atom. The van der Waals surface area contributed by atoms with E-state index in [9.17, 15) is 93.0 Å². The summed E-state index contributed by atoms with van der Waals surface area (Å²) >= 11 is 1.33. The molecule has 4 heterocycles. The van der Waals surface area contributed by atoms with Crippen LogP contribution in [0.2, 0.25) is 0 Å². The van der Waals surface area contributed by atoms with Crippen LogP contribution in [0.15, 0.2) is 47.8 Å².